The number of furan rings is 1. The standard InChI is InChI=1S/C13H11NO6/c1-8-3-2-4-10(12(8)14(17)18)20-7-11-9(13(15)16)5-6-19-11/h2-6H,7H2,1H3,(H,15,16). The van der Waals surface area contributed by atoms with Gasteiger partial charge in [-0.3, -0.25) is 10.1 Å². The second kappa shape index (κ2) is 5.43. The summed E-state index contributed by atoms with van der Waals surface area (Å²) in [5.41, 5.74) is 0.293. The molecule has 0 aliphatic carbocycles. The fourth-order valence-corrected chi connectivity index (χ4v) is 1.77. The zero-order valence-electron chi connectivity index (χ0n) is 10.5. The van der Waals surface area contributed by atoms with Gasteiger partial charge in [-0.2, -0.15) is 0 Å². The zero-order chi connectivity index (χ0) is 14.7. The molecule has 7 heteroatoms. The van der Waals surface area contributed by atoms with Crippen molar-refractivity contribution >= 4 is 11.7 Å². The molecule has 0 radical (unpaired) electrons. The average molecular weight is 277 g/mol. The molecular weight excluding hydrogens is 266 g/mol. The highest BCUT2D eigenvalue weighted by atomic mass is 16.6. The van der Waals surface area contributed by atoms with Gasteiger partial charge in [-0.05, 0) is 19.1 Å². The molecule has 1 aromatic heterocycles. The third kappa shape index (κ3) is 2.61. The summed E-state index contributed by atoms with van der Waals surface area (Å²) in [7, 11) is 0. The van der Waals surface area contributed by atoms with Gasteiger partial charge in [0.2, 0.25) is 0 Å². The molecule has 20 heavy (non-hydrogen) atoms. The van der Waals surface area contributed by atoms with Crippen LogP contribution < -0.4 is 4.74 Å². The molecule has 7 nitrogen and oxygen atoms in total. The van der Waals surface area contributed by atoms with Crippen molar-refractivity contribution in [3.63, 3.8) is 0 Å². The van der Waals surface area contributed by atoms with Crippen LogP contribution in [0.2, 0.25) is 0 Å². The van der Waals surface area contributed by atoms with Gasteiger partial charge in [0.1, 0.15) is 12.2 Å². The van der Waals surface area contributed by atoms with Gasteiger partial charge in [0.15, 0.2) is 11.5 Å². The third-order valence-corrected chi connectivity index (χ3v) is 2.72. The van der Waals surface area contributed by atoms with Crippen molar-refractivity contribution in [3.8, 4) is 5.75 Å². The molecule has 1 aromatic carbocycles. The number of hydrogen-bond acceptors (Lipinski definition) is 5. The van der Waals surface area contributed by atoms with Crippen LogP contribution in [0.25, 0.3) is 0 Å². The van der Waals surface area contributed by atoms with Crippen LogP contribution in [0.3, 0.4) is 0 Å². The lowest BCUT2D eigenvalue weighted by Crippen LogP contribution is -2.04. The molecule has 0 saturated carbocycles. The largest absolute Gasteiger partial charge is 0.479 e. The van der Waals surface area contributed by atoms with Crippen LogP contribution in [-0.2, 0) is 6.61 Å². The van der Waals surface area contributed by atoms with E-state index in [0.717, 1.165) is 0 Å². The van der Waals surface area contributed by atoms with Crippen LogP contribution in [-0.4, -0.2) is 16.0 Å². The number of aromatic carboxylic acids is 1. The van der Waals surface area contributed by atoms with Gasteiger partial charge in [0, 0.05) is 5.56 Å². The predicted octanol–water partition coefficient (Wildman–Crippen LogP) is 2.77. The first kappa shape index (κ1) is 13.6. The number of para-hydroxylation sites is 1. The van der Waals surface area contributed by atoms with E-state index in [1.807, 2.05) is 0 Å². The Balaban J connectivity index is 2.23. The van der Waals surface area contributed by atoms with Gasteiger partial charge >= 0.3 is 11.7 Å². The van der Waals surface area contributed by atoms with Gasteiger partial charge in [-0.25, -0.2) is 4.79 Å². The molecule has 0 aliphatic heterocycles. The maximum Gasteiger partial charge on any atom is 0.339 e. The fraction of sp³-hybridized carbons (Fsp3) is 0.154. The van der Waals surface area contributed by atoms with Crippen molar-refractivity contribution in [2.45, 2.75) is 13.5 Å². The summed E-state index contributed by atoms with van der Waals surface area (Å²) < 4.78 is 10.3. The Morgan fingerprint density at radius 1 is 1.45 bits per heavy atom. The van der Waals surface area contributed by atoms with E-state index >= 15 is 0 Å². The maximum atomic E-state index is 11.0. The average Bonchev–Trinajstić information content (AvgIpc) is 2.84. The minimum Gasteiger partial charge on any atom is -0.479 e. The van der Waals surface area contributed by atoms with Crippen molar-refractivity contribution in [1.29, 1.82) is 0 Å². The highest BCUT2D eigenvalue weighted by molar-refractivity contribution is 5.88. The Hall–Kier alpha value is -2.83. The molecule has 2 aromatic rings. The monoisotopic (exact) mass is 277 g/mol. The van der Waals surface area contributed by atoms with Gasteiger partial charge < -0.3 is 14.3 Å². The number of nitro groups is 1. The summed E-state index contributed by atoms with van der Waals surface area (Å²) >= 11 is 0. The molecule has 1 N–H and O–H groups in total. The van der Waals surface area contributed by atoms with Crippen molar-refractivity contribution in [1.82, 2.24) is 0 Å². The SMILES string of the molecule is Cc1cccc(OCc2occc2C(=O)O)c1[N+](=O)[O-]. The molecule has 0 amide bonds. The molecular formula is C13H11NO6. The van der Waals surface area contributed by atoms with Crippen molar-refractivity contribution < 1.29 is 24.0 Å². The topological polar surface area (TPSA) is 103 Å². The Labute approximate surface area is 113 Å². The minimum absolute atomic E-state index is 0.0275. The summed E-state index contributed by atoms with van der Waals surface area (Å²) in [4.78, 5) is 21.3. The van der Waals surface area contributed by atoms with E-state index in [2.05, 4.69) is 0 Å². The van der Waals surface area contributed by atoms with Gasteiger partial charge in [-0.1, -0.05) is 12.1 Å². The molecule has 1 heterocycles. The minimum atomic E-state index is -1.14. The fourth-order valence-electron chi connectivity index (χ4n) is 1.77. The first-order chi connectivity index (χ1) is 9.50. The summed E-state index contributed by atoms with van der Waals surface area (Å²) in [6.07, 6.45) is 1.23. The molecule has 0 atom stereocenters. The number of rotatable bonds is 5. The zero-order valence-corrected chi connectivity index (χ0v) is 10.5. The van der Waals surface area contributed by atoms with E-state index in [9.17, 15) is 14.9 Å². The third-order valence-electron chi connectivity index (χ3n) is 2.72. The Bertz CT molecular complexity index is 661. The number of carbonyl (C=O) groups is 1. The van der Waals surface area contributed by atoms with Crippen molar-refractivity contribution in [2.24, 2.45) is 0 Å². The lowest BCUT2D eigenvalue weighted by Gasteiger charge is -2.07. The van der Waals surface area contributed by atoms with Crippen molar-refractivity contribution in [3.05, 3.63) is 57.5 Å². The predicted molar refractivity (Wildman–Crippen MR) is 67.8 cm³/mol. The molecule has 0 bridgehead atoms. The molecule has 104 valence electrons. The van der Waals surface area contributed by atoms with E-state index in [-0.39, 0.29) is 29.4 Å². The number of ether oxygens (including phenoxy) is 1. The van der Waals surface area contributed by atoms with Gasteiger partial charge in [-0.15, -0.1) is 0 Å². The van der Waals surface area contributed by atoms with Crippen LogP contribution in [0.5, 0.6) is 5.75 Å². The van der Waals surface area contributed by atoms with Crippen LogP contribution in [0.4, 0.5) is 5.69 Å². The lowest BCUT2D eigenvalue weighted by atomic mass is 10.2. The first-order valence-electron chi connectivity index (χ1n) is 5.67. The van der Waals surface area contributed by atoms with Crippen LogP contribution in [0.1, 0.15) is 21.7 Å². The molecule has 0 aliphatic rings. The lowest BCUT2D eigenvalue weighted by molar-refractivity contribution is -0.386. The summed E-state index contributed by atoms with van der Waals surface area (Å²) in [6, 6.07) is 5.97. The number of nitro benzene ring substituents is 1. The highest BCUT2D eigenvalue weighted by Crippen LogP contribution is 2.31. The number of benzene rings is 1. The Morgan fingerprint density at radius 3 is 2.85 bits per heavy atom. The van der Waals surface area contributed by atoms with Gasteiger partial charge in [0.25, 0.3) is 0 Å². The first-order valence-corrected chi connectivity index (χ1v) is 5.67. The van der Waals surface area contributed by atoms with Crippen LogP contribution in [0, 0.1) is 17.0 Å². The van der Waals surface area contributed by atoms with Crippen molar-refractivity contribution in [2.75, 3.05) is 0 Å². The number of hydrogen-bond donors (Lipinski definition) is 1. The normalized spacial score (nSPS) is 10.2. The Morgan fingerprint density at radius 2 is 2.20 bits per heavy atom. The molecule has 0 spiro atoms. The number of nitrogens with zero attached hydrogens (tertiary/aromatic N) is 1. The summed E-state index contributed by atoms with van der Waals surface area (Å²) in [5, 5.41) is 19.9. The molecule has 0 unspecified atom stereocenters. The van der Waals surface area contributed by atoms with E-state index in [0.29, 0.717) is 5.56 Å². The van der Waals surface area contributed by atoms with E-state index in [4.69, 9.17) is 14.3 Å². The van der Waals surface area contributed by atoms with E-state index in [1.165, 1.54) is 18.4 Å². The number of carboxylic acids is 1. The highest BCUT2D eigenvalue weighted by Gasteiger charge is 2.20. The molecule has 2 rings (SSSR count). The second-order valence-electron chi connectivity index (χ2n) is 4.03. The Kier molecular flexibility index (Phi) is 3.69. The van der Waals surface area contributed by atoms with Gasteiger partial charge in [0.05, 0.1) is 11.2 Å². The molecule has 0 saturated heterocycles. The number of aryl methyl sites for hydroxylation is 1. The second-order valence-corrected chi connectivity index (χ2v) is 4.03. The smallest absolute Gasteiger partial charge is 0.339 e. The maximum absolute atomic E-state index is 11.0. The summed E-state index contributed by atoms with van der Waals surface area (Å²) in [6.45, 7) is 1.40. The quantitative estimate of drug-likeness (QED) is 0.665. The number of carboxylic acid groups (broad SMARTS) is 1. The van der Waals surface area contributed by atoms with E-state index in [1.54, 1.807) is 19.1 Å². The molecule has 0 fully saturated rings. The van der Waals surface area contributed by atoms with Crippen LogP contribution >= 0.6 is 0 Å². The van der Waals surface area contributed by atoms with Crippen LogP contribution in [0.15, 0.2) is 34.9 Å². The van der Waals surface area contributed by atoms with E-state index < -0.39 is 10.9 Å². The summed E-state index contributed by atoms with van der Waals surface area (Å²) in [5.74, 6) is -0.966.